The van der Waals surface area contributed by atoms with E-state index in [0.717, 1.165) is 12.1 Å². The quantitative estimate of drug-likeness (QED) is 0.710. The molecule has 1 heterocycles. The van der Waals surface area contributed by atoms with Gasteiger partial charge in [0, 0.05) is 5.56 Å². The van der Waals surface area contributed by atoms with Crippen LogP contribution in [0.3, 0.4) is 0 Å². The highest BCUT2D eigenvalue weighted by Crippen LogP contribution is 2.01. The number of alkyl halides is 1. The zero-order valence-electron chi connectivity index (χ0n) is 7.15. The lowest BCUT2D eigenvalue weighted by molar-refractivity contribution is 0.894. The summed E-state index contributed by atoms with van der Waals surface area (Å²) in [6.07, 6.45) is 0.764. The van der Waals surface area contributed by atoms with E-state index < -0.39 is 0 Å². The van der Waals surface area contributed by atoms with Crippen LogP contribution >= 0.6 is 11.6 Å². The zero-order valence-corrected chi connectivity index (χ0v) is 7.90. The SMILES string of the molecule is CCc1nc(CCl)[nH]c(=O)c1C. The van der Waals surface area contributed by atoms with Crippen LogP contribution in [0.25, 0.3) is 0 Å². The van der Waals surface area contributed by atoms with Crippen molar-refractivity contribution >= 4 is 11.6 Å². The first-order chi connectivity index (χ1) is 5.69. The first kappa shape index (κ1) is 9.26. The highest BCUT2D eigenvalue weighted by atomic mass is 35.5. The van der Waals surface area contributed by atoms with Crippen molar-refractivity contribution in [3.63, 3.8) is 0 Å². The minimum atomic E-state index is -0.0856. The van der Waals surface area contributed by atoms with Gasteiger partial charge in [-0.1, -0.05) is 6.92 Å². The van der Waals surface area contributed by atoms with Crippen molar-refractivity contribution < 1.29 is 0 Å². The summed E-state index contributed by atoms with van der Waals surface area (Å²) in [6.45, 7) is 3.73. The second-order valence-electron chi connectivity index (χ2n) is 2.57. The molecule has 0 aliphatic heterocycles. The lowest BCUT2D eigenvalue weighted by atomic mass is 10.2. The fourth-order valence-corrected chi connectivity index (χ4v) is 1.16. The van der Waals surface area contributed by atoms with E-state index in [0.29, 0.717) is 11.4 Å². The summed E-state index contributed by atoms with van der Waals surface area (Å²) >= 11 is 5.55. The van der Waals surface area contributed by atoms with Crippen molar-refractivity contribution in [3.05, 3.63) is 27.4 Å². The molecular weight excluding hydrogens is 176 g/mol. The lowest BCUT2D eigenvalue weighted by Crippen LogP contribution is -2.16. The first-order valence-corrected chi connectivity index (χ1v) is 4.37. The van der Waals surface area contributed by atoms with E-state index in [4.69, 9.17) is 11.6 Å². The fourth-order valence-electron chi connectivity index (χ4n) is 1.04. The Bertz CT molecular complexity index is 332. The molecule has 0 radical (unpaired) electrons. The molecule has 0 atom stereocenters. The number of halogens is 1. The van der Waals surface area contributed by atoms with E-state index in [9.17, 15) is 4.79 Å². The number of rotatable bonds is 2. The third kappa shape index (κ3) is 1.67. The van der Waals surface area contributed by atoms with Gasteiger partial charge >= 0.3 is 0 Å². The van der Waals surface area contributed by atoms with E-state index in [1.807, 2.05) is 6.92 Å². The van der Waals surface area contributed by atoms with Crippen LogP contribution in [0.15, 0.2) is 4.79 Å². The van der Waals surface area contributed by atoms with Gasteiger partial charge in [0.05, 0.1) is 11.6 Å². The Morgan fingerprint density at radius 2 is 2.25 bits per heavy atom. The Morgan fingerprint density at radius 1 is 1.58 bits per heavy atom. The molecule has 0 fully saturated rings. The van der Waals surface area contributed by atoms with Crippen LogP contribution < -0.4 is 5.56 Å². The molecule has 0 saturated carbocycles. The standard InChI is InChI=1S/C8H11ClN2O/c1-3-6-5(2)8(12)11-7(4-9)10-6/h3-4H2,1-2H3,(H,10,11,12). The van der Waals surface area contributed by atoms with Gasteiger partial charge in [0.15, 0.2) is 0 Å². The second kappa shape index (κ2) is 3.72. The van der Waals surface area contributed by atoms with Crippen molar-refractivity contribution in [2.45, 2.75) is 26.1 Å². The highest BCUT2D eigenvalue weighted by Gasteiger charge is 2.03. The number of H-pyrrole nitrogens is 1. The third-order valence-electron chi connectivity index (χ3n) is 1.76. The van der Waals surface area contributed by atoms with E-state index in [2.05, 4.69) is 9.97 Å². The van der Waals surface area contributed by atoms with Crippen LogP contribution in [0.4, 0.5) is 0 Å². The van der Waals surface area contributed by atoms with Crippen LogP contribution in [0.1, 0.15) is 24.0 Å². The molecule has 0 aliphatic rings. The summed E-state index contributed by atoms with van der Waals surface area (Å²) in [4.78, 5) is 18.0. The highest BCUT2D eigenvalue weighted by molar-refractivity contribution is 6.16. The summed E-state index contributed by atoms with van der Waals surface area (Å²) in [7, 11) is 0. The third-order valence-corrected chi connectivity index (χ3v) is 2.02. The van der Waals surface area contributed by atoms with Gasteiger partial charge in [0.1, 0.15) is 5.82 Å². The maximum absolute atomic E-state index is 11.2. The van der Waals surface area contributed by atoms with Crippen molar-refractivity contribution in [3.8, 4) is 0 Å². The van der Waals surface area contributed by atoms with Gasteiger partial charge in [-0.2, -0.15) is 0 Å². The Balaban J connectivity index is 3.29. The average molecular weight is 187 g/mol. The maximum atomic E-state index is 11.2. The smallest absolute Gasteiger partial charge is 0.254 e. The van der Waals surface area contributed by atoms with Crippen LogP contribution in [-0.2, 0) is 12.3 Å². The van der Waals surface area contributed by atoms with Crippen LogP contribution in [0, 0.1) is 6.92 Å². The Hall–Kier alpha value is -0.830. The molecule has 1 aromatic heterocycles. The van der Waals surface area contributed by atoms with E-state index in [1.165, 1.54) is 0 Å². The van der Waals surface area contributed by atoms with Gasteiger partial charge in [-0.15, -0.1) is 11.6 Å². The number of hydrogen-bond donors (Lipinski definition) is 1. The Kier molecular flexibility index (Phi) is 2.87. The summed E-state index contributed by atoms with van der Waals surface area (Å²) in [6, 6.07) is 0. The largest absolute Gasteiger partial charge is 0.309 e. The number of hydrogen-bond acceptors (Lipinski definition) is 2. The molecule has 1 rings (SSSR count). The molecule has 0 unspecified atom stereocenters. The van der Waals surface area contributed by atoms with Crippen LogP contribution in [0.5, 0.6) is 0 Å². The molecule has 0 aromatic carbocycles. The summed E-state index contributed by atoms with van der Waals surface area (Å²) < 4.78 is 0. The van der Waals surface area contributed by atoms with Crippen LogP contribution in [-0.4, -0.2) is 9.97 Å². The van der Waals surface area contributed by atoms with E-state index in [-0.39, 0.29) is 11.4 Å². The van der Waals surface area contributed by atoms with E-state index in [1.54, 1.807) is 6.92 Å². The van der Waals surface area contributed by atoms with Crippen molar-refractivity contribution in [2.75, 3.05) is 0 Å². The lowest BCUT2D eigenvalue weighted by Gasteiger charge is -2.02. The summed E-state index contributed by atoms with van der Waals surface area (Å²) in [5, 5.41) is 0. The number of aromatic nitrogens is 2. The normalized spacial score (nSPS) is 10.2. The topological polar surface area (TPSA) is 45.8 Å². The maximum Gasteiger partial charge on any atom is 0.254 e. The second-order valence-corrected chi connectivity index (χ2v) is 2.84. The molecule has 0 saturated heterocycles. The molecule has 0 bridgehead atoms. The Morgan fingerprint density at radius 3 is 2.75 bits per heavy atom. The molecule has 0 amide bonds. The fraction of sp³-hybridized carbons (Fsp3) is 0.500. The molecular formula is C8H11ClN2O. The van der Waals surface area contributed by atoms with Gasteiger partial charge in [-0.05, 0) is 13.3 Å². The zero-order chi connectivity index (χ0) is 9.14. The number of nitrogens with zero attached hydrogens (tertiary/aromatic N) is 1. The summed E-state index contributed by atoms with van der Waals surface area (Å²) in [5.74, 6) is 0.798. The molecule has 0 spiro atoms. The van der Waals surface area contributed by atoms with Crippen molar-refractivity contribution in [1.29, 1.82) is 0 Å². The van der Waals surface area contributed by atoms with Gasteiger partial charge in [-0.25, -0.2) is 4.98 Å². The predicted molar refractivity (Wildman–Crippen MR) is 48.5 cm³/mol. The Labute approximate surface area is 75.8 Å². The average Bonchev–Trinajstić information content (AvgIpc) is 2.09. The minimum Gasteiger partial charge on any atom is -0.309 e. The number of aromatic amines is 1. The van der Waals surface area contributed by atoms with Crippen LogP contribution in [0.2, 0.25) is 0 Å². The molecule has 3 nitrogen and oxygen atoms in total. The van der Waals surface area contributed by atoms with Crippen molar-refractivity contribution in [2.24, 2.45) is 0 Å². The van der Waals surface area contributed by atoms with E-state index >= 15 is 0 Å². The minimum absolute atomic E-state index is 0.0856. The molecule has 0 aliphatic carbocycles. The first-order valence-electron chi connectivity index (χ1n) is 3.83. The number of nitrogens with one attached hydrogen (secondary N) is 1. The molecule has 4 heteroatoms. The predicted octanol–water partition coefficient (Wildman–Crippen LogP) is 1.38. The van der Waals surface area contributed by atoms with Gasteiger partial charge < -0.3 is 4.98 Å². The van der Waals surface area contributed by atoms with Gasteiger partial charge in [0.2, 0.25) is 0 Å². The molecule has 66 valence electrons. The van der Waals surface area contributed by atoms with Gasteiger partial charge in [-0.3, -0.25) is 4.79 Å². The van der Waals surface area contributed by atoms with Crippen molar-refractivity contribution in [1.82, 2.24) is 9.97 Å². The molecule has 1 aromatic rings. The summed E-state index contributed by atoms with van der Waals surface area (Å²) in [5.41, 5.74) is 1.43. The number of aryl methyl sites for hydroxylation is 1. The molecule has 12 heavy (non-hydrogen) atoms. The molecule has 1 N–H and O–H groups in total. The monoisotopic (exact) mass is 186 g/mol. The van der Waals surface area contributed by atoms with Gasteiger partial charge in [0.25, 0.3) is 5.56 Å².